The molecule has 2 aromatic rings. The average molecular weight is 640 g/mol. The van der Waals surface area contributed by atoms with E-state index in [1.54, 1.807) is 33.2 Å². The number of carbonyl (C=O) groups excluding carboxylic acids is 2. The summed E-state index contributed by atoms with van der Waals surface area (Å²) in [4.78, 5) is 28.2. The predicted molar refractivity (Wildman–Crippen MR) is 177 cm³/mol. The molecule has 1 aliphatic carbocycles. The quantitative estimate of drug-likeness (QED) is 0.184. The van der Waals surface area contributed by atoms with Crippen molar-refractivity contribution in [1.82, 2.24) is 15.5 Å². The maximum atomic E-state index is 13.3. The number of aliphatic hydroxyl groups is 1. The molecule has 0 bridgehead atoms. The molecular weight excluding hydrogens is 586 g/mol. The van der Waals surface area contributed by atoms with E-state index in [4.69, 9.17) is 18.9 Å². The van der Waals surface area contributed by atoms with E-state index in [1.807, 2.05) is 48.5 Å². The number of hydrogen-bond donors (Lipinski definition) is 3. The highest BCUT2D eigenvalue weighted by Gasteiger charge is 2.38. The molecule has 5 atom stereocenters. The van der Waals surface area contributed by atoms with Gasteiger partial charge in [-0.3, -0.25) is 9.59 Å². The van der Waals surface area contributed by atoms with Crippen molar-refractivity contribution in [2.24, 2.45) is 11.8 Å². The summed E-state index contributed by atoms with van der Waals surface area (Å²) < 4.78 is 22.3. The van der Waals surface area contributed by atoms with E-state index in [-0.39, 0.29) is 24.0 Å². The zero-order valence-corrected chi connectivity index (χ0v) is 27.9. The molecule has 10 heteroatoms. The fourth-order valence-electron chi connectivity index (χ4n) is 6.85. The van der Waals surface area contributed by atoms with E-state index in [9.17, 15) is 14.7 Å². The van der Waals surface area contributed by atoms with Gasteiger partial charge in [-0.2, -0.15) is 0 Å². The first kappa shape index (κ1) is 35.7. The first-order chi connectivity index (χ1) is 22.3. The smallest absolute Gasteiger partial charge is 0.311 e. The second-order valence-electron chi connectivity index (χ2n) is 12.6. The number of rotatable bonds is 16. The number of methoxy groups -OCH3 is 3. The van der Waals surface area contributed by atoms with Gasteiger partial charge in [0.1, 0.15) is 11.5 Å². The van der Waals surface area contributed by atoms with Gasteiger partial charge >= 0.3 is 11.8 Å². The van der Waals surface area contributed by atoms with Gasteiger partial charge in [0.25, 0.3) is 0 Å². The lowest BCUT2D eigenvalue weighted by atomic mass is 9.80. The van der Waals surface area contributed by atoms with E-state index in [0.717, 1.165) is 49.7 Å². The normalized spacial score (nSPS) is 19.7. The third-order valence-electron chi connectivity index (χ3n) is 9.40. The van der Waals surface area contributed by atoms with Crippen molar-refractivity contribution in [3.8, 4) is 11.5 Å². The van der Waals surface area contributed by atoms with Crippen molar-refractivity contribution in [1.29, 1.82) is 0 Å². The van der Waals surface area contributed by atoms with E-state index < -0.39 is 24.0 Å². The molecule has 3 unspecified atom stereocenters. The van der Waals surface area contributed by atoms with Gasteiger partial charge in [0.2, 0.25) is 0 Å². The summed E-state index contributed by atoms with van der Waals surface area (Å²) in [5, 5.41) is 18.0. The molecule has 1 aliphatic heterocycles. The molecule has 2 fully saturated rings. The summed E-state index contributed by atoms with van der Waals surface area (Å²) in [6.07, 6.45) is 5.87. The van der Waals surface area contributed by atoms with Crippen LogP contribution in [0.25, 0.3) is 0 Å². The van der Waals surface area contributed by atoms with Gasteiger partial charge in [-0.1, -0.05) is 49.6 Å². The summed E-state index contributed by atoms with van der Waals surface area (Å²) >= 11 is 0. The molecule has 1 heterocycles. The van der Waals surface area contributed by atoms with E-state index >= 15 is 0 Å². The zero-order chi connectivity index (χ0) is 32.9. The zero-order valence-electron chi connectivity index (χ0n) is 27.9. The van der Waals surface area contributed by atoms with Crippen LogP contribution < -0.4 is 20.1 Å². The minimum absolute atomic E-state index is 0.0693. The van der Waals surface area contributed by atoms with Crippen molar-refractivity contribution in [3.05, 3.63) is 59.7 Å². The molecule has 2 amide bonds. The number of likely N-dealkylation sites (tertiary alicyclic amines) is 1. The third kappa shape index (κ3) is 9.91. The maximum Gasteiger partial charge on any atom is 0.311 e. The lowest BCUT2D eigenvalue weighted by Crippen LogP contribution is -2.56. The molecule has 254 valence electrons. The highest BCUT2D eigenvalue weighted by Crippen LogP contribution is 2.34. The number of nitrogens with one attached hydrogen (secondary N) is 2. The Labute approximate surface area is 274 Å². The first-order valence-electron chi connectivity index (χ1n) is 16.7. The number of ether oxygens (including phenoxy) is 4. The summed E-state index contributed by atoms with van der Waals surface area (Å²) in [7, 11) is 4.91. The van der Waals surface area contributed by atoms with Crippen LogP contribution in [0.1, 0.15) is 69.1 Å². The monoisotopic (exact) mass is 639 g/mol. The van der Waals surface area contributed by atoms with Crippen LogP contribution in [0.3, 0.4) is 0 Å². The Morgan fingerprint density at radius 2 is 1.63 bits per heavy atom. The Balaban J connectivity index is 1.37. The Kier molecular flexibility index (Phi) is 14.1. The summed E-state index contributed by atoms with van der Waals surface area (Å²) in [6, 6.07) is 14.9. The number of aliphatic hydroxyl groups excluding tert-OH is 1. The van der Waals surface area contributed by atoms with Crippen LogP contribution in [0.15, 0.2) is 48.5 Å². The summed E-state index contributed by atoms with van der Waals surface area (Å²) in [5.41, 5.74) is 2.03. The van der Waals surface area contributed by atoms with Gasteiger partial charge in [-0.25, -0.2) is 0 Å². The molecular formula is C36H53N3O7. The molecule has 46 heavy (non-hydrogen) atoms. The van der Waals surface area contributed by atoms with Crippen LogP contribution in [0, 0.1) is 11.8 Å². The predicted octanol–water partition coefficient (Wildman–Crippen LogP) is 4.25. The van der Waals surface area contributed by atoms with Gasteiger partial charge in [0, 0.05) is 58.0 Å². The van der Waals surface area contributed by atoms with Gasteiger partial charge in [-0.15, -0.1) is 0 Å². The Hall–Kier alpha value is -3.18. The molecule has 0 spiro atoms. The molecule has 10 nitrogen and oxygen atoms in total. The molecule has 0 aromatic heterocycles. The summed E-state index contributed by atoms with van der Waals surface area (Å²) in [6.45, 7) is 4.35. The lowest BCUT2D eigenvalue weighted by Gasteiger charge is -2.37. The third-order valence-corrected chi connectivity index (χ3v) is 9.40. The SMILES string of the molecule is COCCCOC(c1ccccc1)C1CCN(C(=O)C(=O)N[C@@H](C)[C@@H](O)C(NCc2cc(OC)cc(OC)c2)C2CCCCC2)C1. The number of benzene rings is 2. The standard InChI is InChI=1S/C36H53N3O7/c1-25(33(40)32(27-12-7-5-8-13-27)37-23-26-20-30(44-3)22-31(21-26)45-4)38-35(41)36(42)39-17-16-29(24-39)34(46-19-11-18-43-2)28-14-9-6-10-15-28/h6,9-10,14-15,20-22,25,27,29,32-34,37,40H,5,7-8,11-13,16-19,23-24H2,1-4H3,(H,38,41)/t25-,29?,32?,33+,34?/m0/s1. The second-order valence-corrected chi connectivity index (χ2v) is 12.6. The van der Waals surface area contributed by atoms with Crippen LogP contribution in [-0.4, -0.2) is 87.6 Å². The largest absolute Gasteiger partial charge is 0.497 e. The highest BCUT2D eigenvalue weighted by molar-refractivity contribution is 6.35. The van der Waals surface area contributed by atoms with Crippen molar-refractivity contribution in [2.75, 3.05) is 47.6 Å². The maximum absolute atomic E-state index is 13.3. The minimum atomic E-state index is -0.887. The van der Waals surface area contributed by atoms with Crippen molar-refractivity contribution < 1.29 is 33.6 Å². The van der Waals surface area contributed by atoms with Crippen molar-refractivity contribution in [2.45, 2.75) is 82.7 Å². The van der Waals surface area contributed by atoms with Crippen LogP contribution in [0.2, 0.25) is 0 Å². The van der Waals surface area contributed by atoms with E-state index in [0.29, 0.717) is 44.3 Å². The van der Waals surface area contributed by atoms with E-state index in [2.05, 4.69) is 10.6 Å². The highest BCUT2D eigenvalue weighted by atomic mass is 16.5. The van der Waals surface area contributed by atoms with Gasteiger partial charge in [0.05, 0.1) is 32.5 Å². The topological polar surface area (TPSA) is 119 Å². The lowest BCUT2D eigenvalue weighted by molar-refractivity contribution is -0.146. The molecule has 0 radical (unpaired) electrons. The van der Waals surface area contributed by atoms with Crippen LogP contribution >= 0.6 is 0 Å². The molecule has 3 N–H and O–H groups in total. The Morgan fingerprint density at radius 1 is 0.935 bits per heavy atom. The Bertz CT molecular complexity index is 1200. The average Bonchev–Trinajstić information content (AvgIpc) is 3.58. The van der Waals surface area contributed by atoms with Gasteiger partial charge in [0.15, 0.2) is 0 Å². The summed E-state index contributed by atoms with van der Waals surface area (Å²) in [5.74, 6) is 0.455. The first-order valence-corrected chi connectivity index (χ1v) is 16.7. The molecule has 1 saturated carbocycles. The number of amides is 2. The minimum Gasteiger partial charge on any atom is -0.497 e. The molecule has 2 aromatic carbocycles. The Morgan fingerprint density at radius 3 is 2.28 bits per heavy atom. The van der Waals surface area contributed by atoms with Crippen molar-refractivity contribution >= 4 is 11.8 Å². The van der Waals surface area contributed by atoms with Crippen LogP contribution in [-0.2, 0) is 25.6 Å². The molecule has 2 aliphatic rings. The van der Waals surface area contributed by atoms with Crippen LogP contribution in [0.5, 0.6) is 11.5 Å². The fraction of sp³-hybridized carbons (Fsp3) is 0.611. The molecule has 1 saturated heterocycles. The number of nitrogens with zero attached hydrogens (tertiary/aromatic N) is 1. The van der Waals surface area contributed by atoms with Gasteiger partial charge in [-0.05, 0) is 61.8 Å². The van der Waals surface area contributed by atoms with Crippen LogP contribution in [0.4, 0.5) is 0 Å². The van der Waals surface area contributed by atoms with Gasteiger partial charge < -0.3 is 39.6 Å². The second kappa shape index (κ2) is 18.2. The molecule has 4 rings (SSSR count). The van der Waals surface area contributed by atoms with Crippen molar-refractivity contribution in [3.63, 3.8) is 0 Å². The van der Waals surface area contributed by atoms with E-state index in [1.165, 1.54) is 6.42 Å². The number of carbonyl (C=O) groups is 2. The fourth-order valence-corrected chi connectivity index (χ4v) is 6.85. The number of hydrogen-bond acceptors (Lipinski definition) is 8.